The zero-order valence-corrected chi connectivity index (χ0v) is 23.7. The Morgan fingerprint density at radius 1 is 1.21 bits per heavy atom. The lowest BCUT2D eigenvalue weighted by atomic mass is 9.72. The predicted octanol–water partition coefficient (Wildman–Crippen LogP) is 3.67. The third kappa shape index (κ3) is 6.14. The number of aliphatic hydroxyl groups excluding tert-OH is 1. The van der Waals surface area contributed by atoms with Crippen LogP contribution in [0.3, 0.4) is 0 Å². The zero-order chi connectivity index (χ0) is 30.6. The molecule has 12 heteroatoms. The quantitative estimate of drug-likeness (QED) is 0.361. The van der Waals surface area contributed by atoms with Crippen LogP contribution in [0.15, 0.2) is 54.9 Å². The van der Waals surface area contributed by atoms with Gasteiger partial charge in [-0.1, -0.05) is 6.07 Å². The summed E-state index contributed by atoms with van der Waals surface area (Å²) in [7, 11) is 0. The number of hydrogen-bond donors (Lipinski definition) is 3. The van der Waals surface area contributed by atoms with E-state index in [-0.39, 0.29) is 30.0 Å². The molecule has 3 N–H and O–H groups in total. The van der Waals surface area contributed by atoms with E-state index in [0.717, 1.165) is 17.7 Å². The third-order valence-corrected chi connectivity index (χ3v) is 8.37. The number of nitriles is 1. The molecule has 0 saturated carbocycles. The molecule has 4 heterocycles. The summed E-state index contributed by atoms with van der Waals surface area (Å²) in [6.07, 6.45) is -0.552. The molecule has 1 aromatic carbocycles. The van der Waals surface area contributed by atoms with Crippen LogP contribution in [0.2, 0.25) is 0 Å². The molecule has 0 aliphatic carbocycles. The standard InChI is InChI=1S/C31H33F3N6O3/c1-2-43-28-24(4-3-11-37-28)25-7-5-23(17-38-25)30(29(42)39-26-18-36-16-21(26)19-41)9-12-40(13-10-30)27-8-6-22(31(32,33)34)14-20(27)15-35/h3-8,11,14,17,21,26,36,41H,2,9-10,12-13,16,18-19H2,1H3,(H,39,42)/t21-,26-/m0/s1. The Kier molecular flexibility index (Phi) is 8.84. The molecule has 0 radical (unpaired) electrons. The van der Waals surface area contributed by atoms with Gasteiger partial charge in [-0.05, 0) is 61.7 Å². The third-order valence-electron chi connectivity index (χ3n) is 8.37. The fourth-order valence-corrected chi connectivity index (χ4v) is 5.93. The highest BCUT2D eigenvalue weighted by molar-refractivity contribution is 5.89. The molecular formula is C31H33F3N6O3. The topological polar surface area (TPSA) is 123 Å². The van der Waals surface area contributed by atoms with E-state index in [1.54, 1.807) is 18.5 Å². The maximum atomic E-state index is 14.1. The van der Waals surface area contributed by atoms with Gasteiger partial charge in [0.15, 0.2) is 0 Å². The van der Waals surface area contributed by atoms with Crippen molar-refractivity contribution in [1.29, 1.82) is 5.26 Å². The molecule has 3 aromatic rings. The van der Waals surface area contributed by atoms with Crippen molar-refractivity contribution in [2.75, 3.05) is 44.3 Å². The molecular weight excluding hydrogens is 561 g/mol. The van der Waals surface area contributed by atoms with E-state index in [9.17, 15) is 28.3 Å². The molecule has 2 aliphatic heterocycles. The number of nitrogens with zero attached hydrogens (tertiary/aromatic N) is 4. The van der Waals surface area contributed by atoms with Crippen LogP contribution < -0.4 is 20.3 Å². The number of aliphatic hydroxyl groups is 1. The number of benzene rings is 1. The molecule has 2 saturated heterocycles. The number of alkyl halides is 3. The summed E-state index contributed by atoms with van der Waals surface area (Å²) < 4.78 is 45.5. The predicted molar refractivity (Wildman–Crippen MR) is 153 cm³/mol. The normalized spacial score (nSPS) is 20.0. The van der Waals surface area contributed by atoms with Crippen LogP contribution in [0.25, 0.3) is 11.3 Å². The molecule has 0 spiro atoms. The highest BCUT2D eigenvalue weighted by Crippen LogP contribution is 2.40. The van der Waals surface area contributed by atoms with Crippen LogP contribution in [-0.4, -0.2) is 66.4 Å². The van der Waals surface area contributed by atoms with E-state index in [0.29, 0.717) is 68.5 Å². The van der Waals surface area contributed by atoms with Crippen molar-refractivity contribution < 1.29 is 27.8 Å². The van der Waals surface area contributed by atoms with Gasteiger partial charge in [-0.15, -0.1) is 0 Å². The monoisotopic (exact) mass is 594 g/mol. The first-order valence-corrected chi connectivity index (χ1v) is 14.2. The van der Waals surface area contributed by atoms with E-state index in [4.69, 9.17) is 4.74 Å². The highest BCUT2D eigenvalue weighted by Gasteiger charge is 2.45. The summed E-state index contributed by atoms with van der Waals surface area (Å²) in [4.78, 5) is 24.9. The van der Waals surface area contributed by atoms with Crippen molar-refractivity contribution in [2.45, 2.75) is 37.4 Å². The summed E-state index contributed by atoms with van der Waals surface area (Å²) >= 11 is 0. The zero-order valence-electron chi connectivity index (χ0n) is 23.7. The summed E-state index contributed by atoms with van der Waals surface area (Å²) in [6.45, 7) is 4.05. The number of rotatable bonds is 8. The van der Waals surface area contributed by atoms with Gasteiger partial charge in [0.2, 0.25) is 11.8 Å². The molecule has 9 nitrogen and oxygen atoms in total. The number of carbonyl (C=O) groups excluding carboxylic acids is 1. The van der Waals surface area contributed by atoms with Gasteiger partial charge in [0, 0.05) is 57.1 Å². The second-order valence-corrected chi connectivity index (χ2v) is 10.8. The van der Waals surface area contributed by atoms with E-state index in [2.05, 4.69) is 20.6 Å². The Morgan fingerprint density at radius 2 is 2.00 bits per heavy atom. The first-order chi connectivity index (χ1) is 20.7. The van der Waals surface area contributed by atoms with Crippen molar-refractivity contribution in [1.82, 2.24) is 20.6 Å². The van der Waals surface area contributed by atoms with Gasteiger partial charge in [-0.3, -0.25) is 9.78 Å². The maximum Gasteiger partial charge on any atom is 0.416 e. The number of piperidine rings is 1. The van der Waals surface area contributed by atoms with Crippen molar-refractivity contribution in [3.05, 3.63) is 71.5 Å². The number of amides is 1. The molecule has 2 fully saturated rings. The van der Waals surface area contributed by atoms with Crippen LogP contribution in [0.1, 0.15) is 36.5 Å². The summed E-state index contributed by atoms with van der Waals surface area (Å²) in [6, 6.07) is 12.2. The lowest BCUT2D eigenvalue weighted by molar-refractivity contribution is -0.137. The SMILES string of the molecule is CCOc1ncccc1-c1ccc(C2(C(=O)N[C@H]3CNC[C@H]3CO)CCN(c3ccc(C(F)(F)F)cc3C#N)CC2)cn1. The van der Waals surface area contributed by atoms with Crippen molar-refractivity contribution in [3.8, 4) is 23.2 Å². The molecule has 226 valence electrons. The highest BCUT2D eigenvalue weighted by atomic mass is 19.4. The number of ether oxygens (including phenoxy) is 1. The van der Waals surface area contributed by atoms with Crippen molar-refractivity contribution >= 4 is 11.6 Å². The van der Waals surface area contributed by atoms with Crippen LogP contribution in [0, 0.1) is 17.2 Å². The minimum Gasteiger partial charge on any atom is -0.477 e. The van der Waals surface area contributed by atoms with Gasteiger partial charge in [-0.25, -0.2) is 4.98 Å². The van der Waals surface area contributed by atoms with Crippen LogP contribution in [-0.2, 0) is 16.4 Å². The minimum atomic E-state index is -4.56. The summed E-state index contributed by atoms with van der Waals surface area (Å²) in [5, 5.41) is 25.8. The van der Waals surface area contributed by atoms with Gasteiger partial charge in [0.25, 0.3) is 0 Å². The molecule has 43 heavy (non-hydrogen) atoms. The fraction of sp³-hybridized carbons (Fsp3) is 0.419. The Balaban J connectivity index is 1.45. The average Bonchev–Trinajstić information content (AvgIpc) is 3.48. The molecule has 0 bridgehead atoms. The number of hydrogen-bond acceptors (Lipinski definition) is 8. The lowest BCUT2D eigenvalue weighted by Crippen LogP contribution is -2.55. The van der Waals surface area contributed by atoms with Gasteiger partial charge in [-0.2, -0.15) is 18.4 Å². The maximum absolute atomic E-state index is 14.1. The fourth-order valence-electron chi connectivity index (χ4n) is 5.93. The first-order valence-electron chi connectivity index (χ1n) is 14.2. The molecule has 2 atom stereocenters. The number of halogens is 3. The van der Waals surface area contributed by atoms with Crippen molar-refractivity contribution in [3.63, 3.8) is 0 Å². The Hall–Kier alpha value is -4.21. The minimum absolute atomic E-state index is 0.0624. The van der Waals surface area contributed by atoms with Gasteiger partial charge >= 0.3 is 6.18 Å². The number of nitrogens with one attached hydrogen (secondary N) is 2. The molecule has 5 rings (SSSR count). The molecule has 0 unspecified atom stereocenters. The molecule has 1 amide bonds. The van der Waals surface area contributed by atoms with Gasteiger partial charge in [0.05, 0.1) is 40.1 Å². The van der Waals surface area contributed by atoms with Crippen molar-refractivity contribution in [2.24, 2.45) is 5.92 Å². The van der Waals surface area contributed by atoms with Crippen LogP contribution in [0.5, 0.6) is 5.88 Å². The Bertz CT molecular complexity index is 1480. The molecule has 2 aromatic heterocycles. The number of aromatic nitrogens is 2. The molecule has 2 aliphatic rings. The number of anilines is 1. The van der Waals surface area contributed by atoms with E-state index in [1.165, 1.54) is 6.07 Å². The lowest BCUT2D eigenvalue weighted by Gasteiger charge is -2.42. The average molecular weight is 595 g/mol. The van der Waals surface area contributed by atoms with Crippen LogP contribution in [0.4, 0.5) is 18.9 Å². The number of carbonyl (C=O) groups is 1. The largest absolute Gasteiger partial charge is 0.477 e. The van der Waals surface area contributed by atoms with Gasteiger partial charge in [0.1, 0.15) is 6.07 Å². The Labute approximate surface area is 247 Å². The van der Waals surface area contributed by atoms with E-state index < -0.39 is 17.2 Å². The second-order valence-electron chi connectivity index (χ2n) is 10.8. The van der Waals surface area contributed by atoms with E-state index in [1.807, 2.05) is 36.1 Å². The van der Waals surface area contributed by atoms with E-state index >= 15 is 0 Å². The van der Waals surface area contributed by atoms with Crippen LogP contribution >= 0.6 is 0 Å². The first kappa shape index (κ1) is 30.3. The second kappa shape index (κ2) is 12.6. The summed E-state index contributed by atoms with van der Waals surface area (Å²) in [5.74, 6) is 0.146. The summed E-state index contributed by atoms with van der Waals surface area (Å²) in [5.41, 5.74) is 0.529. The smallest absolute Gasteiger partial charge is 0.416 e. The number of pyridine rings is 2. The van der Waals surface area contributed by atoms with Gasteiger partial charge < -0.3 is 25.4 Å². The Morgan fingerprint density at radius 3 is 2.65 bits per heavy atom.